The average molecular weight is 671 g/mol. The molecule has 9 unspecified atom stereocenters. The number of nitrogens with two attached hydrogens (primary N) is 2. The minimum absolute atomic E-state index is 0.00293. The molecule has 17 N–H and O–H groups in total. The van der Waals surface area contributed by atoms with E-state index >= 15 is 0 Å². The summed E-state index contributed by atoms with van der Waals surface area (Å²) >= 11 is 0. The molecule has 0 aromatic heterocycles. The van der Waals surface area contributed by atoms with Gasteiger partial charge in [-0.1, -0.05) is 6.92 Å². The lowest BCUT2D eigenvalue weighted by atomic mass is 9.83. The van der Waals surface area contributed by atoms with Crippen LogP contribution in [0.5, 0.6) is 0 Å². The van der Waals surface area contributed by atoms with E-state index in [-0.39, 0.29) is 26.2 Å². The summed E-state index contributed by atoms with van der Waals surface area (Å²) in [5, 5.41) is 109. The summed E-state index contributed by atoms with van der Waals surface area (Å²) in [7, 11) is 1.54. The molecule has 1 saturated heterocycles. The molecule has 1 saturated carbocycles. The quantitative estimate of drug-likeness (QED) is 0.0345. The molecule has 0 aromatic rings. The molecule has 2 fully saturated rings. The fourth-order valence-corrected chi connectivity index (χ4v) is 5.95. The first-order valence-corrected chi connectivity index (χ1v) is 15.8. The van der Waals surface area contributed by atoms with Gasteiger partial charge in [-0.05, 0) is 39.7 Å². The standard InChI is InChI=1S/C28H58N6O12/c1-4-18(14(29)6-5-13(37)10-33-7-8-35)45-23-15(30)9-16(34-26(31)20(40)19(39)17(38)11-36)24(21(23)41)46-27-22(42)25(32-3)28(2,43)12-44-27/h13-25,27,32-33,35-43H,4-12,29-30H2,1-3H3,(H2,31,34)/t13-,14?,15-,16+,17?,18-,19?,20?,21?,22?,23?,24?,25+,27+,28?/m0/s1. The van der Waals surface area contributed by atoms with Crippen molar-refractivity contribution in [3.63, 3.8) is 0 Å². The lowest BCUT2D eigenvalue weighted by Crippen LogP contribution is -2.69. The summed E-state index contributed by atoms with van der Waals surface area (Å²) in [6.07, 6.45) is -12.3. The van der Waals surface area contributed by atoms with Crippen LogP contribution < -0.4 is 27.4 Å². The van der Waals surface area contributed by atoms with Gasteiger partial charge in [0.15, 0.2) is 6.29 Å². The number of aliphatic hydroxyl groups is 9. The van der Waals surface area contributed by atoms with Crippen molar-refractivity contribution in [2.24, 2.45) is 11.5 Å². The molecule has 15 atom stereocenters. The number of rotatable bonds is 19. The first-order chi connectivity index (χ1) is 21.6. The minimum atomic E-state index is -1.94. The van der Waals surface area contributed by atoms with Crippen molar-refractivity contribution in [3.05, 3.63) is 0 Å². The van der Waals surface area contributed by atoms with Crippen LogP contribution in [0.25, 0.3) is 0 Å². The molecule has 2 rings (SSSR count). The summed E-state index contributed by atoms with van der Waals surface area (Å²) in [6.45, 7) is 2.80. The maximum Gasteiger partial charge on any atom is 0.185 e. The van der Waals surface area contributed by atoms with Gasteiger partial charge in [-0.2, -0.15) is 0 Å². The number of aliphatic hydroxyl groups excluding tert-OH is 8. The summed E-state index contributed by atoms with van der Waals surface area (Å²) in [4.78, 5) is 0. The number of hydrogen-bond donors (Lipinski definition) is 15. The van der Waals surface area contributed by atoms with Gasteiger partial charge in [0.1, 0.15) is 54.2 Å². The Labute approximate surface area is 269 Å². The highest BCUT2D eigenvalue weighted by molar-refractivity contribution is 5.84. The second-order valence-electron chi connectivity index (χ2n) is 12.5. The smallest absolute Gasteiger partial charge is 0.185 e. The van der Waals surface area contributed by atoms with Crippen LogP contribution in [0.15, 0.2) is 0 Å². The number of ether oxygens (including phenoxy) is 3. The molecule has 46 heavy (non-hydrogen) atoms. The van der Waals surface area contributed by atoms with Crippen LogP contribution in [-0.2, 0) is 14.2 Å². The van der Waals surface area contributed by atoms with Crippen LogP contribution >= 0.6 is 0 Å². The van der Waals surface area contributed by atoms with Gasteiger partial charge in [-0.15, -0.1) is 0 Å². The van der Waals surface area contributed by atoms with Gasteiger partial charge in [0.05, 0.1) is 44.1 Å². The Hall–Kier alpha value is -1.17. The van der Waals surface area contributed by atoms with Crippen molar-refractivity contribution >= 4 is 5.84 Å². The van der Waals surface area contributed by atoms with E-state index in [2.05, 4.69) is 16.0 Å². The molecule has 0 radical (unpaired) electrons. The van der Waals surface area contributed by atoms with Crippen molar-refractivity contribution in [3.8, 4) is 0 Å². The molecule has 0 amide bonds. The molecule has 1 aliphatic heterocycles. The highest BCUT2D eigenvalue weighted by Gasteiger charge is 2.51. The van der Waals surface area contributed by atoms with Crippen molar-refractivity contribution in [2.75, 3.05) is 40.0 Å². The van der Waals surface area contributed by atoms with Crippen LogP contribution in [0, 0.1) is 5.41 Å². The van der Waals surface area contributed by atoms with E-state index in [0.29, 0.717) is 25.8 Å². The fourth-order valence-electron chi connectivity index (χ4n) is 5.95. The van der Waals surface area contributed by atoms with Crippen LogP contribution in [0.2, 0.25) is 0 Å². The number of hydrogen-bond acceptors (Lipinski definition) is 17. The SMILES string of the molecule is CC[C@H](OC1C(O)C(O[C@H]2OCC(C)(O)[C@H](NC)C2O)[C@H](NC(=N)C(O)C(O)C(O)CO)C[C@@H]1N)C(N)CC[C@H](O)CNCCO. The van der Waals surface area contributed by atoms with E-state index < -0.39 is 103 Å². The molecule has 0 spiro atoms. The van der Waals surface area contributed by atoms with Gasteiger partial charge in [0, 0.05) is 25.2 Å². The lowest BCUT2D eigenvalue weighted by Gasteiger charge is -2.49. The van der Waals surface area contributed by atoms with E-state index in [1.165, 1.54) is 6.92 Å². The topological polar surface area (TPSA) is 322 Å². The summed E-state index contributed by atoms with van der Waals surface area (Å²) < 4.78 is 18.0. The first kappa shape index (κ1) is 41.0. The van der Waals surface area contributed by atoms with Crippen LogP contribution in [0.3, 0.4) is 0 Å². The second kappa shape index (κ2) is 19.1. The highest BCUT2D eigenvalue weighted by Crippen LogP contribution is 2.31. The van der Waals surface area contributed by atoms with Gasteiger partial charge in [-0.25, -0.2) is 0 Å². The highest BCUT2D eigenvalue weighted by atomic mass is 16.7. The molecule has 1 aliphatic carbocycles. The monoisotopic (exact) mass is 670 g/mol. The zero-order valence-electron chi connectivity index (χ0n) is 26.9. The van der Waals surface area contributed by atoms with Crippen molar-refractivity contribution in [1.82, 2.24) is 16.0 Å². The fraction of sp³-hybridized carbons (Fsp3) is 0.964. The Kier molecular flexibility index (Phi) is 17.1. The molecule has 1 heterocycles. The molecule has 0 aromatic carbocycles. The van der Waals surface area contributed by atoms with Gasteiger partial charge in [-0.3, -0.25) is 5.41 Å². The Morgan fingerprint density at radius 1 is 1.11 bits per heavy atom. The van der Waals surface area contributed by atoms with Gasteiger partial charge in [0.2, 0.25) is 0 Å². The Bertz CT molecular complexity index is 896. The van der Waals surface area contributed by atoms with Gasteiger partial charge >= 0.3 is 0 Å². The van der Waals surface area contributed by atoms with Crippen LogP contribution in [-0.4, -0.2) is 183 Å². The Morgan fingerprint density at radius 3 is 2.37 bits per heavy atom. The molecule has 272 valence electrons. The maximum atomic E-state index is 11.6. The van der Waals surface area contributed by atoms with Crippen molar-refractivity contribution in [1.29, 1.82) is 5.41 Å². The average Bonchev–Trinajstić information content (AvgIpc) is 3.01. The molecular formula is C28H58N6O12. The minimum Gasteiger partial charge on any atom is -0.395 e. The molecule has 0 bridgehead atoms. The van der Waals surface area contributed by atoms with Gasteiger partial charge < -0.3 is 87.6 Å². The van der Waals surface area contributed by atoms with E-state index in [4.69, 9.17) is 41.3 Å². The van der Waals surface area contributed by atoms with E-state index in [1.54, 1.807) is 7.05 Å². The number of likely N-dealkylation sites (N-methyl/N-ethyl adjacent to an activating group) is 1. The largest absolute Gasteiger partial charge is 0.395 e. The third-order valence-corrected chi connectivity index (χ3v) is 8.71. The maximum absolute atomic E-state index is 11.6. The zero-order chi connectivity index (χ0) is 34.8. The molecule has 18 nitrogen and oxygen atoms in total. The molecular weight excluding hydrogens is 612 g/mol. The summed E-state index contributed by atoms with van der Waals surface area (Å²) in [5.41, 5.74) is 11.4. The lowest BCUT2D eigenvalue weighted by molar-refractivity contribution is -0.299. The number of nitrogens with one attached hydrogen (secondary N) is 4. The van der Waals surface area contributed by atoms with Crippen molar-refractivity contribution in [2.45, 2.75) is 131 Å². The van der Waals surface area contributed by atoms with E-state index in [0.717, 1.165) is 0 Å². The van der Waals surface area contributed by atoms with Crippen LogP contribution in [0.4, 0.5) is 0 Å². The third kappa shape index (κ3) is 10.9. The predicted octanol–water partition coefficient (Wildman–Crippen LogP) is -6.26. The number of amidine groups is 1. The Balaban J connectivity index is 2.25. The van der Waals surface area contributed by atoms with E-state index in [1.807, 2.05) is 6.92 Å². The molecule has 18 heteroatoms. The summed E-state index contributed by atoms with van der Waals surface area (Å²) in [5.74, 6) is -0.654. The first-order valence-electron chi connectivity index (χ1n) is 15.8. The third-order valence-electron chi connectivity index (χ3n) is 8.71. The molecule has 2 aliphatic rings. The normalized spacial score (nSPS) is 36.0. The van der Waals surface area contributed by atoms with Crippen molar-refractivity contribution < 1.29 is 60.2 Å². The zero-order valence-corrected chi connectivity index (χ0v) is 26.9. The Morgan fingerprint density at radius 2 is 1.78 bits per heavy atom. The second-order valence-corrected chi connectivity index (χ2v) is 12.5. The van der Waals surface area contributed by atoms with E-state index in [9.17, 15) is 35.7 Å². The van der Waals surface area contributed by atoms with Crippen LogP contribution in [0.1, 0.15) is 39.5 Å². The predicted molar refractivity (Wildman–Crippen MR) is 165 cm³/mol. The summed E-state index contributed by atoms with van der Waals surface area (Å²) in [6, 6.07) is -3.29. The van der Waals surface area contributed by atoms with Gasteiger partial charge in [0.25, 0.3) is 0 Å².